The molecule has 0 amide bonds. The molecule has 1 fully saturated rings. The first-order chi connectivity index (χ1) is 8.91. The highest BCUT2D eigenvalue weighted by atomic mass is 19.4. The summed E-state index contributed by atoms with van der Waals surface area (Å²) < 4.78 is 38.8. The fourth-order valence-electron chi connectivity index (χ4n) is 2.48. The predicted molar refractivity (Wildman–Crippen MR) is 62.6 cm³/mol. The van der Waals surface area contributed by atoms with Crippen LogP contribution in [0.1, 0.15) is 30.0 Å². The van der Waals surface area contributed by atoms with Crippen LogP contribution in [0.4, 0.5) is 13.2 Å². The van der Waals surface area contributed by atoms with Crippen molar-refractivity contribution in [2.75, 3.05) is 13.1 Å². The maximum Gasteiger partial charge on any atom is 0.416 e. The third-order valence-corrected chi connectivity index (χ3v) is 3.30. The van der Waals surface area contributed by atoms with Crippen molar-refractivity contribution < 1.29 is 23.1 Å². The van der Waals surface area contributed by atoms with Crippen LogP contribution in [0.15, 0.2) is 24.3 Å². The second kappa shape index (κ2) is 5.21. The number of carbonyl (C=O) groups is 1. The maximum absolute atomic E-state index is 12.9. The molecular formula is C13H14F3NO2. The van der Waals surface area contributed by atoms with Crippen LogP contribution in [-0.4, -0.2) is 29.1 Å². The molecule has 0 aromatic heterocycles. The number of carboxylic acid groups (broad SMARTS) is 1. The molecule has 1 heterocycles. The minimum atomic E-state index is -4.54. The lowest BCUT2D eigenvalue weighted by Crippen LogP contribution is -2.33. The number of benzene rings is 1. The second-order valence-corrected chi connectivity index (χ2v) is 4.57. The van der Waals surface area contributed by atoms with Gasteiger partial charge in [0.15, 0.2) is 0 Å². The van der Waals surface area contributed by atoms with E-state index < -0.39 is 23.8 Å². The monoisotopic (exact) mass is 273 g/mol. The minimum absolute atomic E-state index is 0.176. The molecule has 1 aliphatic rings. The van der Waals surface area contributed by atoms with E-state index in [1.807, 2.05) is 0 Å². The molecule has 0 bridgehead atoms. The fourth-order valence-corrected chi connectivity index (χ4v) is 2.48. The van der Waals surface area contributed by atoms with Crippen molar-refractivity contribution in [1.29, 1.82) is 0 Å². The molecule has 0 spiro atoms. The largest absolute Gasteiger partial charge is 0.480 e. The van der Waals surface area contributed by atoms with Gasteiger partial charge in [0.05, 0.1) is 5.56 Å². The van der Waals surface area contributed by atoms with Crippen molar-refractivity contribution in [3.63, 3.8) is 0 Å². The average Bonchev–Trinajstić information content (AvgIpc) is 2.81. The number of hydrogen-bond acceptors (Lipinski definition) is 2. The molecule has 6 heteroatoms. The number of hydrogen-bond donors (Lipinski definition) is 1. The van der Waals surface area contributed by atoms with Gasteiger partial charge in [-0.1, -0.05) is 18.2 Å². The molecule has 0 saturated carbocycles. The third-order valence-electron chi connectivity index (χ3n) is 3.30. The highest BCUT2D eigenvalue weighted by molar-refractivity contribution is 5.76. The van der Waals surface area contributed by atoms with Crippen molar-refractivity contribution in [2.45, 2.75) is 25.1 Å². The van der Waals surface area contributed by atoms with Crippen LogP contribution in [0.5, 0.6) is 0 Å². The van der Waals surface area contributed by atoms with Crippen LogP contribution in [0.2, 0.25) is 0 Å². The van der Waals surface area contributed by atoms with Crippen LogP contribution in [-0.2, 0) is 11.0 Å². The average molecular weight is 273 g/mol. The summed E-state index contributed by atoms with van der Waals surface area (Å²) in [4.78, 5) is 12.9. The van der Waals surface area contributed by atoms with E-state index in [-0.39, 0.29) is 5.56 Å². The van der Waals surface area contributed by atoms with Gasteiger partial charge in [-0.15, -0.1) is 0 Å². The molecule has 1 aromatic carbocycles. The van der Waals surface area contributed by atoms with Crippen LogP contribution < -0.4 is 0 Å². The Morgan fingerprint density at radius 3 is 2.32 bits per heavy atom. The lowest BCUT2D eigenvalue weighted by Gasteiger charge is -2.26. The minimum Gasteiger partial charge on any atom is -0.480 e. The van der Waals surface area contributed by atoms with Crippen LogP contribution >= 0.6 is 0 Å². The van der Waals surface area contributed by atoms with Crippen molar-refractivity contribution in [2.24, 2.45) is 0 Å². The van der Waals surface area contributed by atoms with Gasteiger partial charge >= 0.3 is 12.1 Å². The van der Waals surface area contributed by atoms with Crippen molar-refractivity contribution in [3.05, 3.63) is 35.4 Å². The van der Waals surface area contributed by atoms with E-state index in [2.05, 4.69) is 0 Å². The van der Waals surface area contributed by atoms with Gasteiger partial charge in [0.2, 0.25) is 0 Å². The van der Waals surface area contributed by atoms with E-state index in [4.69, 9.17) is 0 Å². The predicted octanol–water partition coefficient (Wildman–Crippen LogP) is 2.93. The van der Waals surface area contributed by atoms with Gasteiger partial charge in [0, 0.05) is 0 Å². The first-order valence-corrected chi connectivity index (χ1v) is 6.04. The van der Waals surface area contributed by atoms with Crippen LogP contribution in [0, 0.1) is 0 Å². The smallest absolute Gasteiger partial charge is 0.416 e. The zero-order chi connectivity index (χ0) is 14.0. The Kier molecular flexibility index (Phi) is 3.80. The fraction of sp³-hybridized carbons (Fsp3) is 0.462. The number of likely N-dealkylation sites (tertiary alicyclic amines) is 1. The Morgan fingerprint density at radius 2 is 1.79 bits per heavy atom. The molecule has 104 valence electrons. The summed E-state index contributed by atoms with van der Waals surface area (Å²) in [5, 5.41) is 9.27. The maximum atomic E-state index is 12.9. The lowest BCUT2D eigenvalue weighted by atomic mass is 9.99. The zero-order valence-corrected chi connectivity index (χ0v) is 10.2. The first kappa shape index (κ1) is 13.9. The van der Waals surface area contributed by atoms with Crippen LogP contribution in [0.3, 0.4) is 0 Å². The highest BCUT2D eigenvalue weighted by Gasteiger charge is 2.39. The van der Waals surface area contributed by atoms with Gasteiger partial charge in [-0.05, 0) is 37.6 Å². The van der Waals surface area contributed by atoms with Crippen molar-refractivity contribution >= 4 is 5.97 Å². The highest BCUT2D eigenvalue weighted by Crippen LogP contribution is 2.37. The van der Waals surface area contributed by atoms with Gasteiger partial charge in [-0.2, -0.15) is 13.2 Å². The zero-order valence-electron chi connectivity index (χ0n) is 10.2. The van der Waals surface area contributed by atoms with Gasteiger partial charge in [-0.3, -0.25) is 9.69 Å². The number of alkyl halides is 3. The van der Waals surface area contributed by atoms with E-state index in [1.54, 1.807) is 4.90 Å². The molecule has 0 aliphatic carbocycles. The van der Waals surface area contributed by atoms with Gasteiger partial charge < -0.3 is 5.11 Å². The summed E-state index contributed by atoms with van der Waals surface area (Å²) in [5.41, 5.74) is -1.04. The number of nitrogens with zero attached hydrogens (tertiary/aromatic N) is 1. The summed E-state index contributed by atoms with van der Waals surface area (Å²) in [6.07, 6.45) is -2.90. The van der Waals surface area contributed by atoms with Crippen molar-refractivity contribution in [1.82, 2.24) is 4.90 Å². The molecule has 1 aromatic rings. The van der Waals surface area contributed by atoms with E-state index >= 15 is 0 Å². The second-order valence-electron chi connectivity index (χ2n) is 4.57. The molecular weight excluding hydrogens is 259 g/mol. The van der Waals surface area contributed by atoms with Crippen molar-refractivity contribution in [3.8, 4) is 0 Å². The molecule has 0 radical (unpaired) electrons. The van der Waals surface area contributed by atoms with Gasteiger partial charge in [0.25, 0.3) is 0 Å². The summed E-state index contributed by atoms with van der Waals surface area (Å²) >= 11 is 0. The number of halogens is 3. The quantitative estimate of drug-likeness (QED) is 0.920. The molecule has 19 heavy (non-hydrogen) atoms. The summed E-state index contributed by atoms with van der Waals surface area (Å²) in [5.74, 6) is -1.24. The molecule has 1 saturated heterocycles. The Labute approximate surface area is 108 Å². The number of aliphatic carboxylic acids is 1. The molecule has 1 N–H and O–H groups in total. The van der Waals surface area contributed by atoms with E-state index in [1.165, 1.54) is 18.2 Å². The molecule has 0 unspecified atom stereocenters. The molecule has 1 aliphatic heterocycles. The summed E-state index contributed by atoms with van der Waals surface area (Å²) in [6.45, 7) is 1.03. The SMILES string of the molecule is O=C(O)[C@H](c1ccccc1C(F)(F)F)N1CCCC1. The molecule has 3 nitrogen and oxygen atoms in total. The summed E-state index contributed by atoms with van der Waals surface area (Å²) in [6, 6.07) is 3.67. The van der Waals surface area contributed by atoms with E-state index in [0.29, 0.717) is 13.1 Å². The topological polar surface area (TPSA) is 40.5 Å². The third kappa shape index (κ3) is 2.89. The number of carboxylic acids is 1. The lowest BCUT2D eigenvalue weighted by molar-refractivity contribution is -0.145. The Bertz CT molecular complexity index is 467. The Hall–Kier alpha value is -1.56. The Morgan fingerprint density at radius 1 is 1.21 bits per heavy atom. The van der Waals surface area contributed by atoms with E-state index in [9.17, 15) is 23.1 Å². The molecule has 1 atom stereocenters. The standard InChI is InChI=1S/C13H14F3NO2/c14-13(15,16)10-6-2-1-5-9(10)11(12(18)19)17-7-3-4-8-17/h1-2,5-6,11H,3-4,7-8H2,(H,18,19)/t11-/m0/s1. The van der Waals surface area contributed by atoms with Crippen LogP contribution in [0.25, 0.3) is 0 Å². The normalized spacial score (nSPS) is 18.5. The van der Waals surface area contributed by atoms with Gasteiger partial charge in [0.1, 0.15) is 6.04 Å². The van der Waals surface area contributed by atoms with E-state index in [0.717, 1.165) is 18.9 Å². The first-order valence-electron chi connectivity index (χ1n) is 6.04. The summed E-state index contributed by atoms with van der Waals surface area (Å²) in [7, 11) is 0. The Balaban J connectivity index is 2.45. The molecule has 2 rings (SSSR count). The van der Waals surface area contributed by atoms with Gasteiger partial charge in [-0.25, -0.2) is 0 Å². The number of rotatable bonds is 3.